The second kappa shape index (κ2) is 12.4. The molecule has 37 heavy (non-hydrogen) atoms. The van der Waals surface area contributed by atoms with E-state index in [1.165, 1.54) is 24.6 Å². The van der Waals surface area contributed by atoms with E-state index in [2.05, 4.69) is 74.3 Å². The topological polar surface area (TPSA) is 102 Å². The van der Waals surface area contributed by atoms with Gasteiger partial charge in [0.25, 0.3) is 0 Å². The van der Waals surface area contributed by atoms with Crippen molar-refractivity contribution in [1.82, 2.24) is 19.9 Å². The second-order valence-electron chi connectivity index (χ2n) is 10.1. The van der Waals surface area contributed by atoms with Crippen molar-refractivity contribution in [2.75, 3.05) is 13.1 Å². The molecule has 4 rings (SSSR count). The first-order valence-electron chi connectivity index (χ1n) is 12.7. The molecule has 0 bridgehead atoms. The molecule has 0 radical (unpaired) electrons. The van der Waals surface area contributed by atoms with Crippen molar-refractivity contribution in [2.24, 2.45) is 17.0 Å². The van der Waals surface area contributed by atoms with Crippen LogP contribution in [0.4, 0.5) is 0 Å². The summed E-state index contributed by atoms with van der Waals surface area (Å²) in [6, 6.07) is 13.0. The minimum atomic E-state index is -3.73. The molecule has 0 saturated heterocycles. The predicted octanol–water partition coefficient (Wildman–Crippen LogP) is 5.61. The van der Waals surface area contributed by atoms with E-state index in [9.17, 15) is 8.42 Å². The number of rotatable bonds is 8. The third-order valence-electron chi connectivity index (χ3n) is 6.30. The number of aromatic nitrogens is 3. The van der Waals surface area contributed by atoms with E-state index in [1.54, 1.807) is 22.8 Å². The van der Waals surface area contributed by atoms with Gasteiger partial charge >= 0.3 is 0 Å². The van der Waals surface area contributed by atoms with Gasteiger partial charge in [0.1, 0.15) is 0 Å². The fourth-order valence-corrected chi connectivity index (χ4v) is 4.44. The summed E-state index contributed by atoms with van der Waals surface area (Å²) in [5, 5.41) is 13.1. The largest absolute Gasteiger partial charge is 0.316 e. The smallest absolute Gasteiger partial charge is 0.238 e. The first-order chi connectivity index (χ1) is 17.5. The van der Waals surface area contributed by atoms with Crippen LogP contribution >= 0.6 is 0 Å². The molecule has 0 aliphatic carbocycles. The van der Waals surface area contributed by atoms with Crippen LogP contribution in [0, 0.1) is 25.7 Å². The molecule has 0 fully saturated rings. The van der Waals surface area contributed by atoms with Gasteiger partial charge < -0.3 is 5.32 Å². The highest BCUT2D eigenvalue weighted by molar-refractivity contribution is 7.89. The summed E-state index contributed by atoms with van der Waals surface area (Å²) in [5.74, 6) is 1.61. The molecule has 8 heteroatoms. The van der Waals surface area contributed by atoms with Gasteiger partial charge in [-0.1, -0.05) is 70.0 Å². The number of benzene rings is 2. The Morgan fingerprint density at radius 1 is 0.946 bits per heavy atom. The van der Waals surface area contributed by atoms with E-state index in [0.29, 0.717) is 5.65 Å². The van der Waals surface area contributed by atoms with Crippen molar-refractivity contribution >= 4 is 15.7 Å². The van der Waals surface area contributed by atoms with Crippen LogP contribution in [-0.4, -0.2) is 36.1 Å². The van der Waals surface area contributed by atoms with E-state index in [4.69, 9.17) is 5.14 Å². The molecular formula is C29H39N5O2S. The average Bonchev–Trinajstić information content (AvgIpc) is 3.27. The number of hydrogen-bond donors (Lipinski definition) is 2. The van der Waals surface area contributed by atoms with Crippen molar-refractivity contribution in [1.29, 1.82) is 0 Å². The molecule has 0 aliphatic heterocycles. The van der Waals surface area contributed by atoms with Gasteiger partial charge in [0.2, 0.25) is 10.0 Å². The Balaban J connectivity index is 0.000000325. The summed E-state index contributed by atoms with van der Waals surface area (Å²) in [6.45, 7) is 15.2. The number of hydrogen-bond acceptors (Lipinski definition) is 5. The predicted molar refractivity (Wildman–Crippen MR) is 152 cm³/mol. The third-order valence-corrected chi connectivity index (χ3v) is 7.21. The van der Waals surface area contributed by atoms with Crippen LogP contribution in [0.1, 0.15) is 45.2 Å². The van der Waals surface area contributed by atoms with Crippen LogP contribution in [0.15, 0.2) is 66.0 Å². The Bertz CT molecular complexity index is 1430. The summed E-state index contributed by atoms with van der Waals surface area (Å²) in [5.41, 5.74) is 6.45. The van der Waals surface area contributed by atoms with Gasteiger partial charge in [0, 0.05) is 23.5 Å². The highest BCUT2D eigenvalue weighted by atomic mass is 32.2. The second-order valence-corrected chi connectivity index (χ2v) is 11.7. The fraction of sp³-hybridized carbons (Fsp3) is 0.379. The Morgan fingerprint density at radius 2 is 1.65 bits per heavy atom. The monoisotopic (exact) mass is 521 g/mol. The van der Waals surface area contributed by atoms with Gasteiger partial charge in [-0.25, -0.2) is 23.1 Å². The Kier molecular flexibility index (Phi) is 9.59. The lowest BCUT2D eigenvalue weighted by Crippen LogP contribution is -2.24. The number of nitrogens with zero attached hydrogens (tertiary/aromatic N) is 3. The molecule has 7 nitrogen and oxygen atoms in total. The molecule has 3 N–H and O–H groups in total. The molecule has 1 atom stereocenters. The van der Waals surface area contributed by atoms with Gasteiger partial charge in [-0.05, 0) is 67.6 Å². The maximum absolute atomic E-state index is 11.5. The van der Waals surface area contributed by atoms with Crippen LogP contribution < -0.4 is 10.5 Å². The number of nitrogens with two attached hydrogens (primary N) is 1. The minimum Gasteiger partial charge on any atom is -0.316 e. The highest BCUT2D eigenvalue weighted by Crippen LogP contribution is 2.29. The number of nitrogens with one attached hydrogen (secondary N) is 1. The fourth-order valence-electron chi connectivity index (χ4n) is 3.84. The van der Waals surface area contributed by atoms with Gasteiger partial charge in [-0.15, -0.1) is 0 Å². The van der Waals surface area contributed by atoms with E-state index >= 15 is 0 Å². The van der Waals surface area contributed by atoms with Crippen LogP contribution in [0.5, 0.6) is 0 Å². The number of sulfonamides is 1. The summed E-state index contributed by atoms with van der Waals surface area (Å²) < 4.78 is 24.8. The quantitative estimate of drug-likeness (QED) is 0.314. The van der Waals surface area contributed by atoms with Crippen molar-refractivity contribution < 1.29 is 8.42 Å². The van der Waals surface area contributed by atoms with Crippen LogP contribution in [0.25, 0.3) is 27.9 Å². The van der Waals surface area contributed by atoms with Crippen molar-refractivity contribution in [3.8, 4) is 22.3 Å². The molecule has 0 saturated carbocycles. The van der Waals surface area contributed by atoms with E-state index in [0.717, 1.165) is 46.2 Å². The molecule has 2 heterocycles. The maximum Gasteiger partial charge on any atom is 0.238 e. The molecule has 2 aromatic carbocycles. The van der Waals surface area contributed by atoms with E-state index in [-0.39, 0.29) is 4.90 Å². The molecule has 0 aliphatic rings. The first-order valence-corrected chi connectivity index (χ1v) is 14.3. The molecule has 2 aromatic heterocycles. The van der Waals surface area contributed by atoms with Crippen molar-refractivity contribution in [2.45, 2.75) is 52.9 Å². The zero-order valence-corrected chi connectivity index (χ0v) is 23.5. The Morgan fingerprint density at radius 3 is 2.24 bits per heavy atom. The van der Waals surface area contributed by atoms with Crippen LogP contribution in [0.2, 0.25) is 0 Å². The van der Waals surface area contributed by atoms with Crippen LogP contribution in [0.3, 0.4) is 0 Å². The Hall–Kier alpha value is -3.07. The molecule has 0 amide bonds. The SMILES string of the molecule is CCC(C)CNCC(C)C.Cc1ccc(-c2cnc3c(-c4ccc(S(N)(=O)=O)cc4C)cnn3c2)cc1. The molecular weight excluding hydrogens is 482 g/mol. The minimum absolute atomic E-state index is 0.0924. The normalized spacial score (nSPS) is 12.4. The van der Waals surface area contributed by atoms with Gasteiger partial charge in [0.05, 0.1) is 11.1 Å². The van der Waals surface area contributed by atoms with Gasteiger partial charge in [-0.3, -0.25) is 0 Å². The summed E-state index contributed by atoms with van der Waals surface area (Å²) >= 11 is 0. The molecule has 1 unspecified atom stereocenters. The zero-order valence-electron chi connectivity index (χ0n) is 22.7. The third kappa shape index (κ3) is 7.71. The standard InChI is InChI=1S/C20H18N4O2S.C9H21N/c1-13-3-5-15(6-4-13)16-10-22-20-19(11-23-24(20)12-16)18-8-7-17(9-14(18)2)27(21,25)26;1-5-9(4)7-10-6-8(2)3/h3-12H,1-2H3,(H2,21,25,26);8-10H,5-7H2,1-4H3. The van der Waals surface area contributed by atoms with Gasteiger partial charge in [0.15, 0.2) is 5.65 Å². The number of fused-ring (bicyclic) bond motifs is 1. The Labute approximate surface area is 221 Å². The zero-order chi connectivity index (χ0) is 27.2. The van der Waals surface area contributed by atoms with Crippen LogP contribution in [-0.2, 0) is 10.0 Å². The number of primary sulfonamides is 1. The van der Waals surface area contributed by atoms with Crippen molar-refractivity contribution in [3.63, 3.8) is 0 Å². The lowest BCUT2D eigenvalue weighted by atomic mass is 10.0. The maximum atomic E-state index is 11.5. The van der Waals surface area contributed by atoms with E-state index < -0.39 is 10.0 Å². The molecule has 198 valence electrons. The average molecular weight is 522 g/mol. The van der Waals surface area contributed by atoms with E-state index in [1.807, 2.05) is 19.3 Å². The summed E-state index contributed by atoms with van der Waals surface area (Å²) in [6.07, 6.45) is 6.77. The molecule has 4 aromatic rings. The lowest BCUT2D eigenvalue weighted by Gasteiger charge is -2.11. The first kappa shape index (κ1) is 28.5. The lowest BCUT2D eigenvalue weighted by molar-refractivity contribution is 0.466. The molecule has 0 spiro atoms. The van der Waals surface area contributed by atoms with Gasteiger partial charge in [-0.2, -0.15) is 5.10 Å². The van der Waals surface area contributed by atoms with Crippen molar-refractivity contribution in [3.05, 3.63) is 72.2 Å². The number of aryl methyl sites for hydroxylation is 2. The summed E-state index contributed by atoms with van der Waals surface area (Å²) in [7, 11) is -3.73. The highest BCUT2D eigenvalue weighted by Gasteiger charge is 2.14. The summed E-state index contributed by atoms with van der Waals surface area (Å²) in [4.78, 5) is 4.68.